The lowest BCUT2D eigenvalue weighted by atomic mass is 10.2. The maximum absolute atomic E-state index is 13.9. The second kappa shape index (κ2) is 5.01. The molecule has 114 valence electrons. The van der Waals surface area contributed by atoms with Crippen LogP contribution in [0.25, 0.3) is 28.7 Å². The van der Waals surface area contributed by atoms with Crippen LogP contribution >= 0.6 is 0 Å². The van der Waals surface area contributed by atoms with Crippen LogP contribution in [0.15, 0.2) is 47.0 Å². The zero-order valence-electron chi connectivity index (χ0n) is 12.6. The Morgan fingerprint density at radius 2 is 1.83 bits per heavy atom. The molecule has 0 saturated carbocycles. The van der Waals surface area contributed by atoms with E-state index in [2.05, 4.69) is 15.2 Å². The molecule has 3 heterocycles. The molecule has 0 amide bonds. The van der Waals surface area contributed by atoms with E-state index >= 15 is 0 Å². The van der Waals surface area contributed by atoms with Crippen LogP contribution in [-0.2, 0) is 0 Å². The number of hydrogen-bond donors (Lipinski definition) is 0. The van der Waals surface area contributed by atoms with Crippen molar-refractivity contribution >= 4 is 5.65 Å². The van der Waals surface area contributed by atoms with E-state index in [4.69, 9.17) is 4.42 Å². The zero-order valence-corrected chi connectivity index (χ0v) is 12.6. The number of fused-ring (bicyclic) bond motifs is 1. The van der Waals surface area contributed by atoms with Crippen LogP contribution in [0, 0.1) is 19.7 Å². The van der Waals surface area contributed by atoms with E-state index in [1.165, 1.54) is 6.07 Å². The molecule has 0 radical (unpaired) electrons. The Morgan fingerprint density at radius 3 is 2.65 bits per heavy atom. The summed E-state index contributed by atoms with van der Waals surface area (Å²) in [6.45, 7) is 3.89. The second-order valence-electron chi connectivity index (χ2n) is 5.37. The highest BCUT2D eigenvalue weighted by Gasteiger charge is 2.19. The summed E-state index contributed by atoms with van der Waals surface area (Å²) in [6.07, 6.45) is 1.91. The van der Waals surface area contributed by atoms with E-state index in [-0.39, 0.29) is 11.5 Å². The van der Waals surface area contributed by atoms with Crippen LogP contribution in [0.5, 0.6) is 0 Å². The summed E-state index contributed by atoms with van der Waals surface area (Å²) in [6, 6.07) is 10.3. The highest BCUT2D eigenvalue weighted by atomic mass is 19.1. The molecule has 0 fully saturated rings. The molecule has 0 N–H and O–H groups in total. The standard InChI is InChI=1S/C17H13FN4O/c1-10-7-8-22-14(9-10)19-11(2)15(22)17-21-20-16(23-17)12-5-3-4-6-13(12)18/h3-9H,1-2H3. The van der Waals surface area contributed by atoms with Crippen molar-refractivity contribution in [1.29, 1.82) is 0 Å². The fraction of sp³-hybridized carbons (Fsp3) is 0.118. The predicted molar refractivity (Wildman–Crippen MR) is 83.4 cm³/mol. The smallest absolute Gasteiger partial charge is 0.266 e. The van der Waals surface area contributed by atoms with Gasteiger partial charge in [0.1, 0.15) is 17.2 Å². The first kappa shape index (κ1) is 13.6. The van der Waals surface area contributed by atoms with Gasteiger partial charge in [-0.05, 0) is 43.7 Å². The topological polar surface area (TPSA) is 56.2 Å². The predicted octanol–water partition coefficient (Wildman–Crippen LogP) is 3.81. The minimum absolute atomic E-state index is 0.152. The highest BCUT2D eigenvalue weighted by molar-refractivity contribution is 5.62. The summed E-state index contributed by atoms with van der Waals surface area (Å²) in [7, 11) is 0. The zero-order chi connectivity index (χ0) is 16.0. The van der Waals surface area contributed by atoms with Crippen molar-refractivity contribution in [2.45, 2.75) is 13.8 Å². The third-order valence-electron chi connectivity index (χ3n) is 3.69. The van der Waals surface area contributed by atoms with Gasteiger partial charge in [0.15, 0.2) is 0 Å². The second-order valence-corrected chi connectivity index (χ2v) is 5.37. The Labute approximate surface area is 131 Å². The van der Waals surface area contributed by atoms with Crippen LogP contribution in [-0.4, -0.2) is 19.6 Å². The maximum Gasteiger partial charge on any atom is 0.266 e. The molecule has 23 heavy (non-hydrogen) atoms. The van der Waals surface area contributed by atoms with Crippen LogP contribution in [0.3, 0.4) is 0 Å². The number of aryl methyl sites for hydroxylation is 2. The minimum Gasteiger partial charge on any atom is -0.414 e. The number of hydrogen-bond acceptors (Lipinski definition) is 4. The molecule has 1 aromatic carbocycles. The van der Waals surface area contributed by atoms with Crippen molar-refractivity contribution < 1.29 is 8.81 Å². The summed E-state index contributed by atoms with van der Waals surface area (Å²) < 4.78 is 21.4. The van der Waals surface area contributed by atoms with Gasteiger partial charge in [-0.1, -0.05) is 12.1 Å². The third-order valence-corrected chi connectivity index (χ3v) is 3.69. The van der Waals surface area contributed by atoms with Crippen molar-refractivity contribution in [3.63, 3.8) is 0 Å². The Morgan fingerprint density at radius 1 is 1.04 bits per heavy atom. The van der Waals surface area contributed by atoms with Crippen molar-refractivity contribution in [1.82, 2.24) is 19.6 Å². The average molecular weight is 308 g/mol. The van der Waals surface area contributed by atoms with Crippen LogP contribution in [0.1, 0.15) is 11.3 Å². The molecule has 0 aliphatic rings. The summed E-state index contributed by atoms with van der Waals surface area (Å²) >= 11 is 0. The highest BCUT2D eigenvalue weighted by Crippen LogP contribution is 2.28. The lowest BCUT2D eigenvalue weighted by molar-refractivity contribution is 0.568. The first-order chi connectivity index (χ1) is 11.1. The molecule has 3 aromatic heterocycles. The quantitative estimate of drug-likeness (QED) is 0.565. The molecule has 0 saturated heterocycles. The van der Waals surface area contributed by atoms with Crippen molar-refractivity contribution in [3.8, 4) is 23.0 Å². The number of halogens is 1. The van der Waals surface area contributed by atoms with Gasteiger partial charge in [0.25, 0.3) is 11.8 Å². The molecule has 5 nitrogen and oxygen atoms in total. The van der Waals surface area contributed by atoms with Crippen molar-refractivity contribution in [2.24, 2.45) is 0 Å². The van der Waals surface area contributed by atoms with Gasteiger partial charge in [-0.2, -0.15) is 0 Å². The Bertz CT molecular complexity index is 1020. The van der Waals surface area contributed by atoms with E-state index in [1.54, 1.807) is 18.2 Å². The number of nitrogens with zero attached hydrogens (tertiary/aromatic N) is 4. The summed E-state index contributed by atoms with van der Waals surface area (Å²) in [5.41, 5.74) is 3.71. The SMILES string of the molecule is Cc1ccn2c(-c3nnc(-c4ccccc4F)o3)c(C)nc2c1. The summed E-state index contributed by atoms with van der Waals surface area (Å²) in [5, 5.41) is 8.04. The van der Waals surface area contributed by atoms with Crippen molar-refractivity contribution in [2.75, 3.05) is 0 Å². The van der Waals surface area contributed by atoms with Gasteiger partial charge in [0.2, 0.25) is 0 Å². The lowest BCUT2D eigenvalue weighted by Gasteiger charge is -1.99. The fourth-order valence-electron chi connectivity index (χ4n) is 2.58. The molecule has 0 aliphatic heterocycles. The van der Waals surface area contributed by atoms with Crippen LogP contribution < -0.4 is 0 Å². The molecule has 6 heteroatoms. The molecule has 0 atom stereocenters. The molecular formula is C17H13FN4O. The third kappa shape index (κ3) is 2.19. The van der Waals surface area contributed by atoms with E-state index in [1.807, 2.05) is 36.6 Å². The molecule has 0 aliphatic carbocycles. The summed E-state index contributed by atoms with van der Waals surface area (Å²) in [5.74, 6) is 0.0739. The lowest BCUT2D eigenvalue weighted by Crippen LogP contribution is -1.89. The van der Waals surface area contributed by atoms with Gasteiger partial charge in [-0.25, -0.2) is 9.37 Å². The van der Waals surface area contributed by atoms with Gasteiger partial charge in [-0.15, -0.1) is 10.2 Å². The van der Waals surface area contributed by atoms with Gasteiger partial charge < -0.3 is 4.42 Å². The average Bonchev–Trinajstić information content (AvgIpc) is 3.10. The number of imidazole rings is 1. The molecule has 4 aromatic rings. The Kier molecular flexibility index (Phi) is 2.97. The van der Waals surface area contributed by atoms with Crippen molar-refractivity contribution in [3.05, 3.63) is 59.7 Å². The summed E-state index contributed by atoms with van der Waals surface area (Å²) in [4.78, 5) is 4.51. The maximum atomic E-state index is 13.9. The van der Waals surface area contributed by atoms with Crippen LogP contribution in [0.4, 0.5) is 4.39 Å². The number of rotatable bonds is 2. The minimum atomic E-state index is -0.395. The van der Waals surface area contributed by atoms with Crippen LogP contribution in [0.2, 0.25) is 0 Å². The molecule has 4 rings (SSSR count). The normalized spacial score (nSPS) is 11.3. The van der Waals surface area contributed by atoms with E-state index in [0.717, 1.165) is 22.6 Å². The van der Waals surface area contributed by atoms with Gasteiger partial charge >= 0.3 is 0 Å². The van der Waals surface area contributed by atoms with Gasteiger partial charge in [0, 0.05) is 6.20 Å². The van der Waals surface area contributed by atoms with E-state index in [0.29, 0.717) is 5.89 Å². The number of pyridine rings is 1. The Balaban J connectivity index is 1.87. The molecule has 0 unspecified atom stereocenters. The molecule has 0 bridgehead atoms. The monoisotopic (exact) mass is 308 g/mol. The number of benzene rings is 1. The molecular weight excluding hydrogens is 295 g/mol. The van der Waals surface area contributed by atoms with E-state index < -0.39 is 5.82 Å². The van der Waals surface area contributed by atoms with Gasteiger partial charge in [0.05, 0.1) is 11.3 Å². The fourth-order valence-corrected chi connectivity index (χ4v) is 2.58. The first-order valence-electron chi connectivity index (χ1n) is 7.17. The number of aromatic nitrogens is 4. The van der Waals surface area contributed by atoms with Gasteiger partial charge in [-0.3, -0.25) is 4.40 Å². The molecule has 0 spiro atoms. The first-order valence-corrected chi connectivity index (χ1v) is 7.17. The van der Waals surface area contributed by atoms with E-state index in [9.17, 15) is 4.39 Å². The Hall–Kier alpha value is -3.02. The largest absolute Gasteiger partial charge is 0.414 e.